The molecular weight excluding hydrogens is 462 g/mol. The van der Waals surface area contributed by atoms with E-state index in [-0.39, 0.29) is 24.6 Å². The second kappa shape index (κ2) is 9.99. The standard InChI is InChI=1S/C28H33NO7/c1-15-12-19-25(26(30)22(15)27(31)33-3)24(17-10-11-20-21(13-17)35-14-34-20)23(16(2)29-19)28(32)36-18-8-6-4-5-7-9-18/h10-11,13,15,18,22,24,29H,4-9,12,14H2,1-3H3/t15-,22-,24-/m1/s1. The third-order valence-electron chi connectivity index (χ3n) is 7.77. The monoisotopic (exact) mass is 495 g/mol. The number of ketones is 1. The Kier molecular flexibility index (Phi) is 6.77. The highest BCUT2D eigenvalue weighted by Gasteiger charge is 2.47. The molecule has 8 nitrogen and oxygen atoms in total. The number of carbonyl (C=O) groups is 3. The molecule has 1 saturated carbocycles. The molecule has 1 aromatic carbocycles. The van der Waals surface area contributed by atoms with Crippen molar-refractivity contribution in [3.05, 3.63) is 46.3 Å². The molecule has 0 amide bonds. The fraction of sp³-hybridized carbons (Fsp3) is 0.536. The molecule has 1 aromatic rings. The molecule has 2 aliphatic heterocycles. The topological polar surface area (TPSA) is 100 Å². The zero-order chi connectivity index (χ0) is 25.4. The number of methoxy groups -OCH3 is 1. The van der Waals surface area contributed by atoms with E-state index in [2.05, 4.69) is 5.32 Å². The van der Waals surface area contributed by atoms with Crippen LogP contribution in [0.2, 0.25) is 0 Å². The SMILES string of the molecule is COC(=O)[C@H]1C(=O)C2=C(C[C@H]1C)NC(C)=C(C(=O)OC1CCCCCC1)[C@H]2c1ccc2c(c1)OCO2. The lowest BCUT2D eigenvalue weighted by Gasteiger charge is -2.38. The Balaban J connectivity index is 1.57. The van der Waals surface area contributed by atoms with Crippen LogP contribution in [-0.4, -0.2) is 37.7 Å². The van der Waals surface area contributed by atoms with Gasteiger partial charge in [0.15, 0.2) is 17.3 Å². The number of rotatable bonds is 4. The fourth-order valence-corrected chi connectivity index (χ4v) is 5.95. The van der Waals surface area contributed by atoms with Crippen LogP contribution < -0.4 is 14.8 Å². The third-order valence-corrected chi connectivity index (χ3v) is 7.77. The van der Waals surface area contributed by atoms with Gasteiger partial charge in [-0.25, -0.2) is 4.79 Å². The van der Waals surface area contributed by atoms with Crippen molar-refractivity contribution in [2.75, 3.05) is 13.9 Å². The number of hydrogen-bond acceptors (Lipinski definition) is 8. The number of ether oxygens (including phenoxy) is 4. The Hall–Kier alpha value is -3.29. The van der Waals surface area contributed by atoms with E-state index in [1.165, 1.54) is 7.11 Å². The van der Waals surface area contributed by atoms with Crippen LogP contribution in [0.25, 0.3) is 0 Å². The highest BCUT2D eigenvalue weighted by Crippen LogP contribution is 2.47. The molecule has 8 heteroatoms. The molecule has 2 aliphatic carbocycles. The van der Waals surface area contributed by atoms with Gasteiger partial charge in [-0.05, 0) is 62.6 Å². The van der Waals surface area contributed by atoms with E-state index in [4.69, 9.17) is 18.9 Å². The first kappa shape index (κ1) is 24.4. The van der Waals surface area contributed by atoms with Crippen molar-refractivity contribution in [1.29, 1.82) is 0 Å². The van der Waals surface area contributed by atoms with Crippen LogP contribution in [0.5, 0.6) is 11.5 Å². The largest absolute Gasteiger partial charge is 0.468 e. The zero-order valence-electron chi connectivity index (χ0n) is 21.1. The Labute approximate surface area is 211 Å². The fourth-order valence-electron chi connectivity index (χ4n) is 5.95. The maximum Gasteiger partial charge on any atom is 0.337 e. The van der Waals surface area contributed by atoms with E-state index in [1.54, 1.807) is 6.07 Å². The summed E-state index contributed by atoms with van der Waals surface area (Å²) in [7, 11) is 1.29. The van der Waals surface area contributed by atoms with Gasteiger partial charge in [0.2, 0.25) is 6.79 Å². The highest BCUT2D eigenvalue weighted by molar-refractivity contribution is 6.12. The molecule has 192 valence electrons. The lowest BCUT2D eigenvalue weighted by Crippen LogP contribution is -2.43. The summed E-state index contributed by atoms with van der Waals surface area (Å²) in [4.78, 5) is 40.2. The van der Waals surface area contributed by atoms with Gasteiger partial charge >= 0.3 is 11.9 Å². The second-order valence-electron chi connectivity index (χ2n) is 10.2. The van der Waals surface area contributed by atoms with Gasteiger partial charge in [0.05, 0.1) is 12.7 Å². The van der Waals surface area contributed by atoms with Crippen molar-refractivity contribution >= 4 is 17.7 Å². The lowest BCUT2D eigenvalue weighted by atomic mass is 9.69. The number of nitrogens with one attached hydrogen (secondary N) is 1. The van der Waals surface area contributed by atoms with Gasteiger partial charge in [0, 0.05) is 22.9 Å². The molecule has 0 aromatic heterocycles. The third kappa shape index (κ3) is 4.38. The Morgan fingerprint density at radius 3 is 2.50 bits per heavy atom. The van der Waals surface area contributed by atoms with Crippen molar-refractivity contribution in [3.63, 3.8) is 0 Å². The predicted octanol–water partition coefficient (Wildman–Crippen LogP) is 4.29. The average molecular weight is 496 g/mol. The summed E-state index contributed by atoms with van der Waals surface area (Å²) < 4.78 is 22.1. The molecule has 0 radical (unpaired) electrons. The van der Waals surface area contributed by atoms with Crippen LogP contribution >= 0.6 is 0 Å². The predicted molar refractivity (Wildman–Crippen MR) is 130 cm³/mol. The molecule has 1 fully saturated rings. The number of allylic oxidation sites excluding steroid dienone is 3. The normalized spacial score (nSPS) is 26.2. The van der Waals surface area contributed by atoms with Gasteiger partial charge in [0.1, 0.15) is 12.0 Å². The van der Waals surface area contributed by atoms with Gasteiger partial charge < -0.3 is 24.3 Å². The zero-order valence-corrected chi connectivity index (χ0v) is 21.1. The second-order valence-corrected chi connectivity index (χ2v) is 10.2. The molecule has 0 saturated heterocycles. The van der Waals surface area contributed by atoms with E-state index in [0.717, 1.165) is 44.2 Å². The number of carbonyl (C=O) groups excluding carboxylic acids is 3. The van der Waals surface area contributed by atoms with Gasteiger partial charge in [-0.2, -0.15) is 0 Å². The van der Waals surface area contributed by atoms with Crippen LogP contribution in [0, 0.1) is 11.8 Å². The minimum atomic E-state index is -0.926. The summed E-state index contributed by atoms with van der Waals surface area (Å²) in [6, 6.07) is 5.45. The van der Waals surface area contributed by atoms with E-state index in [1.807, 2.05) is 26.0 Å². The number of esters is 2. The molecule has 4 aliphatic rings. The van der Waals surface area contributed by atoms with Crippen molar-refractivity contribution in [1.82, 2.24) is 5.32 Å². The molecule has 2 heterocycles. The van der Waals surface area contributed by atoms with Crippen LogP contribution in [-0.2, 0) is 23.9 Å². The highest BCUT2D eigenvalue weighted by atomic mass is 16.7. The number of Topliss-reactive ketones (excluding diaryl/α,β-unsaturated/α-hetero) is 1. The first-order valence-corrected chi connectivity index (χ1v) is 12.8. The van der Waals surface area contributed by atoms with Crippen LogP contribution in [0.3, 0.4) is 0 Å². The Bertz CT molecular complexity index is 1140. The van der Waals surface area contributed by atoms with Crippen molar-refractivity contribution < 1.29 is 33.3 Å². The summed E-state index contributed by atoms with van der Waals surface area (Å²) >= 11 is 0. The molecule has 0 unspecified atom stereocenters. The number of benzene rings is 1. The minimum absolute atomic E-state index is 0.116. The van der Waals surface area contributed by atoms with Crippen molar-refractivity contribution in [3.8, 4) is 11.5 Å². The van der Waals surface area contributed by atoms with Gasteiger partial charge in [-0.1, -0.05) is 25.8 Å². The van der Waals surface area contributed by atoms with Gasteiger partial charge in [-0.15, -0.1) is 0 Å². The number of dihydropyridines is 1. The molecule has 36 heavy (non-hydrogen) atoms. The molecule has 3 atom stereocenters. The molecule has 0 bridgehead atoms. The minimum Gasteiger partial charge on any atom is -0.468 e. The quantitative estimate of drug-likeness (QED) is 0.375. The molecule has 1 N–H and O–H groups in total. The van der Waals surface area contributed by atoms with E-state index in [9.17, 15) is 14.4 Å². The van der Waals surface area contributed by atoms with Gasteiger partial charge in [0.25, 0.3) is 0 Å². The smallest absolute Gasteiger partial charge is 0.337 e. The van der Waals surface area contributed by atoms with Crippen LogP contribution in [0.15, 0.2) is 40.7 Å². The van der Waals surface area contributed by atoms with E-state index in [0.29, 0.717) is 40.3 Å². The van der Waals surface area contributed by atoms with Gasteiger partial charge in [-0.3, -0.25) is 9.59 Å². The lowest BCUT2D eigenvalue weighted by molar-refractivity contribution is -0.151. The summed E-state index contributed by atoms with van der Waals surface area (Å²) in [6.07, 6.45) is 6.40. The van der Waals surface area contributed by atoms with Crippen molar-refractivity contribution in [2.45, 2.75) is 70.8 Å². The maximum absolute atomic E-state index is 13.9. The van der Waals surface area contributed by atoms with Crippen molar-refractivity contribution in [2.24, 2.45) is 11.8 Å². The summed E-state index contributed by atoms with van der Waals surface area (Å²) in [5.41, 5.74) is 2.92. The molecular formula is C28H33NO7. The van der Waals surface area contributed by atoms with Crippen LogP contribution in [0.4, 0.5) is 0 Å². The van der Waals surface area contributed by atoms with E-state index >= 15 is 0 Å². The number of hydrogen-bond donors (Lipinski definition) is 1. The van der Waals surface area contributed by atoms with E-state index < -0.39 is 23.8 Å². The first-order chi connectivity index (χ1) is 17.4. The summed E-state index contributed by atoms with van der Waals surface area (Å²) in [5, 5.41) is 3.32. The molecule has 5 rings (SSSR count). The van der Waals surface area contributed by atoms with Crippen LogP contribution in [0.1, 0.15) is 70.3 Å². The summed E-state index contributed by atoms with van der Waals surface area (Å²) in [6.45, 7) is 3.83. The summed E-state index contributed by atoms with van der Waals surface area (Å²) in [5.74, 6) is -1.99. The molecule has 0 spiro atoms. The average Bonchev–Trinajstić information content (AvgIpc) is 3.18. The maximum atomic E-state index is 13.9. The Morgan fingerprint density at radius 2 is 1.78 bits per heavy atom. The number of fused-ring (bicyclic) bond motifs is 1. The first-order valence-electron chi connectivity index (χ1n) is 12.8. The Morgan fingerprint density at radius 1 is 1.06 bits per heavy atom.